The number of hydrogen-bond donors (Lipinski definition) is 1. The van der Waals surface area contributed by atoms with Crippen molar-refractivity contribution in [3.63, 3.8) is 0 Å². The lowest BCUT2D eigenvalue weighted by Gasteiger charge is -2.11. The standard InChI is InChI=1S/C24H25N5O/c1-24(13-18(24)12-17-6-3-2-4-7-17)9-5-11-29-14-20(28-16-29)22-21-19(8-10-25-22)23(30)27-15-26-21/h2-4,6-8,10,14-16,18H,5,9,11-13H2,1H3,(H,26,27,30)/t18?,24-/m1/s1. The summed E-state index contributed by atoms with van der Waals surface area (Å²) in [5.41, 5.74) is 3.72. The van der Waals surface area contributed by atoms with Gasteiger partial charge in [-0.05, 0) is 48.6 Å². The van der Waals surface area contributed by atoms with Crippen LogP contribution in [0, 0.1) is 11.3 Å². The van der Waals surface area contributed by atoms with Gasteiger partial charge in [0, 0.05) is 18.9 Å². The van der Waals surface area contributed by atoms with Crippen LogP contribution in [0.5, 0.6) is 0 Å². The van der Waals surface area contributed by atoms with E-state index in [1.807, 2.05) is 12.5 Å². The highest BCUT2D eigenvalue weighted by Gasteiger charge is 2.48. The highest BCUT2D eigenvalue weighted by Crippen LogP contribution is 2.56. The second-order valence-corrected chi connectivity index (χ2v) is 8.63. The van der Waals surface area contributed by atoms with Crippen molar-refractivity contribution >= 4 is 10.9 Å². The van der Waals surface area contributed by atoms with Crippen LogP contribution >= 0.6 is 0 Å². The summed E-state index contributed by atoms with van der Waals surface area (Å²) in [5.74, 6) is 0.794. The Labute approximate surface area is 175 Å². The van der Waals surface area contributed by atoms with Gasteiger partial charge >= 0.3 is 0 Å². The number of aromatic amines is 1. The van der Waals surface area contributed by atoms with Crippen molar-refractivity contribution in [3.8, 4) is 11.4 Å². The molecule has 0 bridgehead atoms. The Hall–Kier alpha value is -3.28. The maximum Gasteiger partial charge on any atom is 0.258 e. The molecule has 5 rings (SSSR count). The zero-order valence-electron chi connectivity index (χ0n) is 17.1. The number of nitrogens with one attached hydrogen (secondary N) is 1. The summed E-state index contributed by atoms with van der Waals surface area (Å²) in [5, 5.41) is 0.531. The van der Waals surface area contributed by atoms with Crippen molar-refractivity contribution in [1.29, 1.82) is 0 Å². The summed E-state index contributed by atoms with van der Waals surface area (Å²) in [6.45, 7) is 3.35. The molecule has 3 aromatic heterocycles. The van der Waals surface area contributed by atoms with Gasteiger partial charge in [-0.1, -0.05) is 37.3 Å². The minimum Gasteiger partial charge on any atom is -0.337 e. The first-order chi connectivity index (χ1) is 14.6. The lowest BCUT2D eigenvalue weighted by molar-refractivity contribution is 0.423. The number of H-pyrrole nitrogens is 1. The molecule has 0 amide bonds. The fourth-order valence-corrected chi connectivity index (χ4v) is 4.49. The predicted octanol–water partition coefficient (Wildman–Crippen LogP) is 4.23. The third-order valence-corrected chi connectivity index (χ3v) is 6.46. The molecule has 1 aliphatic carbocycles. The van der Waals surface area contributed by atoms with E-state index < -0.39 is 0 Å². The number of rotatable bonds is 7. The second-order valence-electron chi connectivity index (χ2n) is 8.63. The molecular formula is C24H25N5O. The van der Waals surface area contributed by atoms with E-state index >= 15 is 0 Å². The van der Waals surface area contributed by atoms with Crippen molar-refractivity contribution in [2.75, 3.05) is 0 Å². The maximum absolute atomic E-state index is 12.0. The molecule has 6 nitrogen and oxygen atoms in total. The Bertz CT molecular complexity index is 1230. The van der Waals surface area contributed by atoms with Crippen molar-refractivity contribution in [2.24, 2.45) is 11.3 Å². The average molecular weight is 399 g/mol. The van der Waals surface area contributed by atoms with E-state index in [-0.39, 0.29) is 5.56 Å². The summed E-state index contributed by atoms with van der Waals surface area (Å²) >= 11 is 0. The first-order valence-corrected chi connectivity index (χ1v) is 10.5. The van der Waals surface area contributed by atoms with Crippen LogP contribution in [0.2, 0.25) is 0 Å². The van der Waals surface area contributed by atoms with Crippen LogP contribution in [0.25, 0.3) is 22.3 Å². The van der Waals surface area contributed by atoms with Gasteiger partial charge in [-0.2, -0.15) is 0 Å². The smallest absolute Gasteiger partial charge is 0.258 e. The Morgan fingerprint density at radius 2 is 2.03 bits per heavy atom. The first-order valence-electron chi connectivity index (χ1n) is 10.5. The molecule has 152 valence electrons. The number of benzene rings is 1. The Balaban J connectivity index is 1.22. The number of aromatic nitrogens is 5. The van der Waals surface area contributed by atoms with Gasteiger partial charge in [0.25, 0.3) is 5.56 Å². The Morgan fingerprint density at radius 3 is 2.90 bits per heavy atom. The highest BCUT2D eigenvalue weighted by molar-refractivity contribution is 5.89. The van der Waals surface area contributed by atoms with E-state index in [1.165, 1.54) is 31.2 Å². The topological polar surface area (TPSA) is 76.5 Å². The minimum absolute atomic E-state index is 0.161. The second kappa shape index (κ2) is 7.52. The third kappa shape index (κ3) is 3.65. The number of nitrogens with zero attached hydrogens (tertiary/aromatic N) is 4. The summed E-state index contributed by atoms with van der Waals surface area (Å²) in [4.78, 5) is 27.8. The molecule has 1 N–H and O–H groups in total. The van der Waals surface area contributed by atoms with Gasteiger partial charge in [0.1, 0.15) is 16.9 Å². The lowest BCUT2D eigenvalue weighted by atomic mass is 9.96. The molecule has 0 aliphatic heterocycles. The fourth-order valence-electron chi connectivity index (χ4n) is 4.49. The van der Waals surface area contributed by atoms with Crippen LogP contribution in [0.15, 0.2) is 66.2 Å². The van der Waals surface area contributed by atoms with Crippen molar-refractivity contribution in [2.45, 2.75) is 39.2 Å². The van der Waals surface area contributed by atoms with Gasteiger partial charge in [0.15, 0.2) is 0 Å². The fraction of sp³-hybridized carbons (Fsp3) is 0.333. The average Bonchev–Trinajstić information content (AvgIpc) is 3.16. The van der Waals surface area contributed by atoms with E-state index in [0.29, 0.717) is 22.0 Å². The molecule has 0 spiro atoms. The monoisotopic (exact) mass is 399 g/mol. The van der Waals surface area contributed by atoms with Crippen LogP contribution in [-0.2, 0) is 13.0 Å². The van der Waals surface area contributed by atoms with Gasteiger partial charge in [-0.25, -0.2) is 9.97 Å². The molecule has 1 aromatic carbocycles. The van der Waals surface area contributed by atoms with Crippen LogP contribution in [0.3, 0.4) is 0 Å². The molecule has 1 unspecified atom stereocenters. The Morgan fingerprint density at radius 1 is 1.17 bits per heavy atom. The van der Waals surface area contributed by atoms with Crippen LogP contribution in [0.4, 0.5) is 0 Å². The lowest BCUT2D eigenvalue weighted by Crippen LogP contribution is -2.07. The van der Waals surface area contributed by atoms with Gasteiger partial charge < -0.3 is 9.55 Å². The molecule has 3 heterocycles. The van der Waals surface area contributed by atoms with E-state index in [1.54, 1.807) is 12.3 Å². The maximum atomic E-state index is 12.0. The summed E-state index contributed by atoms with van der Waals surface area (Å²) < 4.78 is 2.11. The molecule has 6 heteroatoms. The molecule has 2 atom stereocenters. The first kappa shape index (κ1) is 18.7. The van der Waals surface area contributed by atoms with Gasteiger partial charge in [0.05, 0.1) is 18.0 Å². The summed E-state index contributed by atoms with van der Waals surface area (Å²) in [6.07, 6.45) is 11.7. The summed E-state index contributed by atoms with van der Waals surface area (Å²) in [7, 11) is 0. The summed E-state index contributed by atoms with van der Waals surface area (Å²) in [6, 6.07) is 12.5. The number of imidazole rings is 1. The van der Waals surface area contributed by atoms with Gasteiger partial charge in [0.2, 0.25) is 0 Å². The van der Waals surface area contributed by atoms with E-state index in [2.05, 4.69) is 61.8 Å². The van der Waals surface area contributed by atoms with Crippen molar-refractivity contribution < 1.29 is 0 Å². The number of hydrogen-bond acceptors (Lipinski definition) is 4. The molecule has 1 saturated carbocycles. The molecule has 1 aliphatic rings. The molecule has 4 aromatic rings. The molecule has 1 fully saturated rings. The van der Waals surface area contributed by atoms with Crippen LogP contribution in [-0.4, -0.2) is 24.5 Å². The predicted molar refractivity (Wildman–Crippen MR) is 117 cm³/mol. The van der Waals surface area contributed by atoms with E-state index in [4.69, 9.17) is 0 Å². The van der Waals surface area contributed by atoms with Crippen LogP contribution in [0.1, 0.15) is 31.7 Å². The Kier molecular flexibility index (Phi) is 4.69. The quantitative estimate of drug-likeness (QED) is 0.504. The number of fused-ring (bicyclic) bond motifs is 1. The zero-order chi connectivity index (χ0) is 20.6. The van der Waals surface area contributed by atoms with Gasteiger partial charge in [-0.3, -0.25) is 9.78 Å². The zero-order valence-corrected chi connectivity index (χ0v) is 17.1. The highest BCUT2D eigenvalue weighted by atomic mass is 16.1. The van der Waals surface area contributed by atoms with Crippen LogP contribution < -0.4 is 5.56 Å². The van der Waals surface area contributed by atoms with Gasteiger partial charge in [-0.15, -0.1) is 0 Å². The molecular weight excluding hydrogens is 374 g/mol. The normalized spacial score (nSPS) is 20.5. The largest absolute Gasteiger partial charge is 0.337 e. The minimum atomic E-state index is -0.161. The molecule has 0 saturated heterocycles. The van der Waals surface area contributed by atoms with E-state index in [9.17, 15) is 4.79 Å². The molecule has 30 heavy (non-hydrogen) atoms. The van der Waals surface area contributed by atoms with Crippen molar-refractivity contribution in [3.05, 3.63) is 77.4 Å². The number of aryl methyl sites for hydroxylation is 1. The third-order valence-electron chi connectivity index (χ3n) is 6.46. The van der Waals surface area contributed by atoms with Crippen molar-refractivity contribution in [1.82, 2.24) is 24.5 Å². The molecule has 0 radical (unpaired) electrons. The SMILES string of the molecule is C[C@@]1(CCCn2cnc(-c3nccc4c(=O)[nH]cnc34)c2)CC1Cc1ccccc1. The number of pyridine rings is 1. The van der Waals surface area contributed by atoms with E-state index in [0.717, 1.165) is 24.6 Å².